The number of thiazole rings is 1. The van der Waals surface area contributed by atoms with Crippen LogP contribution in [0, 0.1) is 11.6 Å². The number of thiocarbonyl (C=S) groups is 1. The number of aromatic nitrogens is 1. The van der Waals surface area contributed by atoms with Crippen molar-refractivity contribution in [2.75, 3.05) is 23.8 Å². The largest absolute Gasteiger partial charge is 0.480 e. The van der Waals surface area contributed by atoms with Crippen molar-refractivity contribution in [3.63, 3.8) is 0 Å². The van der Waals surface area contributed by atoms with E-state index in [0.717, 1.165) is 40.1 Å². The fourth-order valence-corrected chi connectivity index (χ4v) is 4.64. The highest BCUT2D eigenvalue weighted by Gasteiger charge is 2.38. The maximum Gasteiger partial charge on any atom is 0.341 e. The molecule has 0 radical (unpaired) electrons. The molecule has 0 atom stereocenters. The average molecular weight is 529 g/mol. The molecule has 1 aliphatic rings. The van der Waals surface area contributed by atoms with Crippen LogP contribution in [0.1, 0.15) is 12.6 Å². The number of carboxylic acids is 1. The molecule has 1 aromatic carbocycles. The Morgan fingerprint density at radius 1 is 1.26 bits per heavy atom. The second-order valence-corrected chi connectivity index (χ2v) is 8.82. The standard InChI is InChI=1S/C19H14F2N4O6S3/c1-2-31-16(29)13(14-15(28)25(6-12(26)27)19(32)34-14)11-7-33-18(23-11)24-17(30)22-10-4-3-8(20)5-9(10)21/h3-5,7H,2,6H2,1H3,(H,26,27)(H2,22,23,24,30). The molecule has 178 valence electrons. The van der Waals surface area contributed by atoms with Crippen LogP contribution in [-0.4, -0.2) is 56.3 Å². The van der Waals surface area contributed by atoms with Gasteiger partial charge in [-0.15, -0.1) is 11.3 Å². The number of ether oxygens (including phenoxy) is 1. The van der Waals surface area contributed by atoms with Crippen LogP contribution in [0.4, 0.5) is 24.4 Å². The van der Waals surface area contributed by atoms with Gasteiger partial charge in [-0.1, -0.05) is 24.0 Å². The first kappa shape index (κ1) is 25.2. The molecule has 0 saturated carbocycles. The molecule has 0 bridgehead atoms. The molecule has 3 rings (SSSR count). The predicted octanol–water partition coefficient (Wildman–Crippen LogP) is 3.28. The van der Waals surface area contributed by atoms with Crippen molar-refractivity contribution < 1.29 is 37.8 Å². The lowest BCUT2D eigenvalue weighted by Gasteiger charge is -2.11. The third-order valence-corrected chi connectivity index (χ3v) is 6.22. The van der Waals surface area contributed by atoms with Gasteiger partial charge in [0.05, 0.1) is 22.9 Å². The molecule has 1 saturated heterocycles. The SMILES string of the molecule is CCOC(=O)C(=C1SC(=S)N(CC(=O)O)C1=O)c1csc(NC(=O)Nc2ccc(F)cc2F)n1. The number of aliphatic carboxylic acids is 1. The molecule has 10 nitrogen and oxygen atoms in total. The van der Waals surface area contributed by atoms with E-state index in [1.807, 2.05) is 0 Å². The number of carboxylic acid groups (broad SMARTS) is 1. The van der Waals surface area contributed by atoms with E-state index >= 15 is 0 Å². The lowest BCUT2D eigenvalue weighted by atomic mass is 10.2. The van der Waals surface area contributed by atoms with E-state index in [1.54, 1.807) is 6.92 Å². The van der Waals surface area contributed by atoms with Gasteiger partial charge in [0.15, 0.2) is 5.13 Å². The summed E-state index contributed by atoms with van der Waals surface area (Å²) >= 11 is 6.67. The van der Waals surface area contributed by atoms with Gasteiger partial charge in [0.1, 0.15) is 28.1 Å². The molecular formula is C19H14F2N4O6S3. The first-order valence-electron chi connectivity index (χ1n) is 9.26. The number of hydrogen-bond donors (Lipinski definition) is 3. The van der Waals surface area contributed by atoms with Crippen molar-refractivity contribution in [2.24, 2.45) is 0 Å². The topological polar surface area (TPSA) is 138 Å². The summed E-state index contributed by atoms with van der Waals surface area (Å²) < 4.78 is 31.7. The Kier molecular flexibility index (Phi) is 7.90. The Morgan fingerprint density at radius 3 is 2.65 bits per heavy atom. The Bertz CT molecular complexity index is 1230. The normalized spacial score (nSPS) is 14.7. The van der Waals surface area contributed by atoms with Gasteiger partial charge in [-0.3, -0.25) is 19.8 Å². The van der Waals surface area contributed by atoms with Gasteiger partial charge in [-0.2, -0.15) is 0 Å². The second kappa shape index (κ2) is 10.7. The van der Waals surface area contributed by atoms with E-state index in [1.165, 1.54) is 5.38 Å². The number of hydrogen-bond acceptors (Lipinski definition) is 9. The number of benzene rings is 1. The summed E-state index contributed by atoms with van der Waals surface area (Å²) in [5, 5.41) is 14.9. The Balaban J connectivity index is 1.86. The maximum absolute atomic E-state index is 13.7. The Hall–Kier alpha value is -3.43. The molecule has 3 N–H and O–H groups in total. The van der Waals surface area contributed by atoms with E-state index in [9.17, 15) is 28.0 Å². The third kappa shape index (κ3) is 5.73. The van der Waals surface area contributed by atoms with Crippen LogP contribution >= 0.6 is 35.3 Å². The maximum atomic E-state index is 13.7. The van der Waals surface area contributed by atoms with Crippen molar-refractivity contribution in [2.45, 2.75) is 6.92 Å². The van der Waals surface area contributed by atoms with Gasteiger partial charge in [-0.25, -0.2) is 23.4 Å². The van der Waals surface area contributed by atoms with Crippen LogP contribution in [0.15, 0.2) is 28.5 Å². The summed E-state index contributed by atoms with van der Waals surface area (Å²) in [4.78, 5) is 53.3. The summed E-state index contributed by atoms with van der Waals surface area (Å²) in [6.45, 7) is 0.852. The van der Waals surface area contributed by atoms with Crippen LogP contribution in [0.3, 0.4) is 0 Å². The predicted molar refractivity (Wildman–Crippen MR) is 124 cm³/mol. The molecule has 1 aliphatic heterocycles. The van der Waals surface area contributed by atoms with Gasteiger partial charge in [0.25, 0.3) is 5.91 Å². The van der Waals surface area contributed by atoms with E-state index in [0.29, 0.717) is 6.07 Å². The Labute approximate surface area is 204 Å². The number of amides is 3. The number of urea groups is 1. The lowest BCUT2D eigenvalue weighted by Crippen LogP contribution is -2.33. The number of carbonyl (C=O) groups excluding carboxylic acids is 3. The van der Waals surface area contributed by atoms with Crippen molar-refractivity contribution >= 4 is 79.9 Å². The molecule has 1 aromatic heterocycles. The van der Waals surface area contributed by atoms with E-state index in [4.69, 9.17) is 22.1 Å². The van der Waals surface area contributed by atoms with E-state index in [2.05, 4.69) is 15.6 Å². The minimum absolute atomic E-state index is 0.0152. The first-order valence-corrected chi connectivity index (χ1v) is 11.4. The quantitative estimate of drug-likeness (QED) is 0.281. The molecule has 15 heteroatoms. The summed E-state index contributed by atoms with van der Waals surface area (Å²) in [7, 11) is 0. The van der Waals surface area contributed by atoms with Gasteiger partial charge in [-0.05, 0) is 19.1 Å². The van der Waals surface area contributed by atoms with Crippen LogP contribution in [0.5, 0.6) is 0 Å². The van der Waals surface area contributed by atoms with Gasteiger partial charge < -0.3 is 15.2 Å². The zero-order valence-corrected chi connectivity index (χ0v) is 19.5. The zero-order chi connectivity index (χ0) is 25.0. The van der Waals surface area contributed by atoms with Crippen molar-refractivity contribution in [3.05, 3.63) is 45.8 Å². The fraction of sp³-hybridized carbons (Fsp3) is 0.158. The molecule has 0 unspecified atom stereocenters. The number of nitrogens with zero attached hydrogens (tertiary/aromatic N) is 2. The number of nitrogens with one attached hydrogen (secondary N) is 2. The molecule has 1 fully saturated rings. The van der Waals surface area contributed by atoms with Crippen LogP contribution < -0.4 is 10.6 Å². The summed E-state index contributed by atoms with van der Waals surface area (Å²) in [6.07, 6.45) is 0. The number of thioether (sulfide) groups is 1. The first-order chi connectivity index (χ1) is 16.1. The van der Waals surface area contributed by atoms with E-state index in [-0.39, 0.29) is 37.9 Å². The van der Waals surface area contributed by atoms with Crippen LogP contribution in [0.25, 0.3) is 5.57 Å². The molecule has 3 amide bonds. The van der Waals surface area contributed by atoms with Gasteiger partial charge >= 0.3 is 18.0 Å². The molecule has 2 heterocycles. The van der Waals surface area contributed by atoms with Crippen molar-refractivity contribution in [3.8, 4) is 0 Å². The van der Waals surface area contributed by atoms with Gasteiger partial charge in [0, 0.05) is 11.4 Å². The molecule has 0 aliphatic carbocycles. The zero-order valence-electron chi connectivity index (χ0n) is 17.1. The number of carbonyl (C=O) groups is 4. The fourth-order valence-electron chi connectivity index (χ4n) is 2.63. The molecular weight excluding hydrogens is 514 g/mol. The smallest absolute Gasteiger partial charge is 0.341 e. The third-order valence-electron chi connectivity index (χ3n) is 4.01. The van der Waals surface area contributed by atoms with Crippen molar-refractivity contribution in [1.29, 1.82) is 0 Å². The number of esters is 1. The number of halogens is 2. The average Bonchev–Trinajstić information content (AvgIpc) is 3.30. The number of rotatable bonds is 7. The highest BCUT2D eigenvalue weighted by Crippen LogP contribution is 2.38. The highest BCUT2D eigenvalue weighted by atomic mass is 32.2. The van der Waals surface area contributed by atoms with Crippen molar-refractivity contribution in [1.82, 2.24) is 9.88 Å². The van der Waals surface area contributed by atoms with Crippen LogP contribution in [-0.2, 0) is 19.1 Å². The molecule has 34 heavy (non-hydrogen) atoms. The highest BCUT2D eigenvalue weighted by molar-refractivity contribution is 8.26. The summed E-state index contributed by atoms with van der Waals surface area (Å²) in [6, 6.07) is 1.71. The summed E-state index contributed by atoms with van der Waals surface area (Å²) in [5.41, 5.74) is -0.547. The minimum Gasteiger partial charge on any atom is -0.480 e. The monoisotopic (exact) mass is 528 g/mol. The lowest BCUT2D eigenvalue weighted by molar-refractivity contribution is -0.140. The van der Waals surface area contributed by atoms with E-state index < -0.39 is 42.1 Å². The summed E-state index contributed by atoms with van der Waals surface area (Å²) in [5.74, 6) is -4.78. The van der Waals surface area contributed by atoms with Crippen LogP contribution in [0.2, 0.25) is 0 Å². The van der Waals surface area contributed by atoms with Gasteiger partial charge in [0.2, 0.25) is 0 Å². The minimum atomic E-state index is -1.29. The molecule has 0 spiro atoms. The Morgan fingerprint density at radius 2 is 2.00 bits per heavy atom. The second-order valence-electron chi connectivity index (χ2n) is 6.32. The molecule has 2 aromatic rings. The number of anilines is 2.